The Bertz CT molecular complexity index is 1140. The van der Waals surface area contributed by atoms with E-state index in [0.717, 1.165) is 56.1 Å². The summed E-state index contributed by atoms with van der Waals surface area (Å²) in [6.07, 6.45) is 4.18. The second-order valence-electron chi connectivity index (χ2n) is 8.79. The molecule has 2 aromatic heterocycles. The number of hydrogen-bond donors (Lipinski definition) is 1. The van der Waals surface area contributed by atoms with Crippen LogP contribution in [0, 0.1) is 0 Å². The third kappa shape index (κ3) is 5.77. The molecular weight excluding hydrogens is 440 g/mol. The molecule has 0 saturated carbocycles. The van der Waals surface area contributed by atoms with Crippen LogP contribution >= 0.6 is 0 Å². The number of benzene rings is 1. The van der Waals surface area contributed by atoms with Crippen molar-refractivity contribution in [2.75, 3.05) is 44.2 Å². The summed E-state index contributed by atoms with van der Waals surface area (Å²) in [7, 11) is 0. The highest BCUT2D eigenvalue weighted by molar-refractivity contribution is 5.92. The molecule has 0 atom stereocenters. The predicted octanol–water partition coefficient (Wildman–Crippen LogP) is 3.61. The molecule has 4 rings (SSSR count). The van der Waals surface area contributed by atoms with Crippen LogP contribution in [-0.4, -0.2) is 75.3 Å². The highest BCUT2D eigenvalue weighted by Gasteiger charge is 2.21. The summed E-state index contributed by atoms with van der Waals surface area (Å²) in [5.41, 5.74) is 5.03. The molecule has 0 aliphatic carbocycles. The number of rotatable bonds is 8. The van der Waals surface area contributed by atoms with Crippen molar-refractivity contribution < 1.29 is 9.90 Å². The lowest BCUT2D eigenvalue weighted by Crippen LogP contribution is -2.46. The fraction of sp³-hybridized carbons (Fsp3) is 0.407. The van der Waals surface area contributed by atoms with Crippen molar-refractivity contribution in [1.29, 1.82) is 0 Å². The van der Waals surface area contributed by atoms with Gasteiger partial charge < -0.3 is 14.9 Å². The zero-order valence-corrected chi connectivity index (χ0v) is 20.8. The Morgan fingerprint density at radius 3 is 2.31 bits per heavy atom. The molecule has 1 N–H and O–H groups in total. The molecular formula is C27H34N6O2. The average Bonchev–Trinajstić information content (AvgIpc) is 2.90. The fourth-order valence-electron chi connectivity index (χ4n) is 4.53. The van der Waals surface area contributed by atoms with Gasteiger partial charge >= 0.3 is 0 Å². The van der Waals surface area contributed by atoms with E-state index in [0.29, 0.717) is 18.8 Å². The van der Waals surface area contributed by atoms with E-state index in [1.54, 1.807) is 23.2 Å². The minimum Gasteiger partial charge on any atom is -0.506 e. The molecule has 35 heavy (non-hydrogen) atoms. The van der Waals surface area contributed by atoms with Gasteiger partial charge in [-0.2, -0.15) is 0 Å². The van der Waals surface area contributed by atoms with Gasteiger partial charge in [-0.15, -0.1) is 10.2 Å². The van der Waals surface area contributed by atoms with E-state index in [1.165, 1.54) is 17.3 Å². The molecule has 1 aliphatic heterocycles. The molecule has 0 spiro atoms. The number of piperazine rings is 1. The van der Waals surface area contributed by atoms with Crippen LogP contribution in [0.4, 0.5) is 5.82 Å². The number of aromatic nitrogens is 3. The van der Waals surface area contributed by atoms with Crippen LogP contribution in [0.15, 0.2) is 48.8 Å². The lowest BCUT2D eigenvalue weighted by atomic mass is 9.98. The second kappa shape index (κ2) is 11.3. The topological polar surface area (TPSA) is 85.7 Å². The number of amides is 1. The molecule has 1 aromatic carbocycles. The number of aromatic hydroxyl groups is 1. The minimum atomic E-state index is -0.0723. The summed E-state index contributed by atoms with van der Waals surface area (Å²) in [6.45, 7) is 11.9. The number of hydrogen-bond acceptors (Lipinski definition) is 7. The van der Waals surface area contributed by atoms with Crippen molar-refractivity contribution in [3.8, 4) is 16.9 Å². The van der Waals surface area contributed by atoms with Crippen LogP contribution in [0.5, 0.6) is 5.75 Å². The van der Waals surface area contributed by atoms with E-state index >= 15 is 0 Å². The lowest BCUT2D eigenvalue weighted by Gasteiger charge is -2.35. The van der Waals surface area contributed by atoms with E-state index in [2.05, 4.69) is 50.1 Å². The van der Waals surface area contributed by atoms with Crippen molar-refractivity contribution in [3.05, 3.63) is 65.6 Å². The van der Waals surface area contributed by atoms with Gasteiger partial charge in [-0.05, 0) is 55.2 Å². The Hall–Kier alpha value is -3.52. The summed E-state index contributed by atoms with van der Waals surface area (Å²) in [5.74, 6) is 0.924. The zero-order chi connectivity index (χ0) is 24.8. The molecule has 1 saturated heterocycles. The van der Waals surface area contributed by atoms with E-state index in [4.69, 9.17) is 0 Å². The Morgan fingerprint density at radius 1 is 0.914 bits per heavy atom. The molecule has 8 nitrogen and oxygen atoms in total. The number of pyridine rings is 1. The van der Waals surface area contributed by atoms with Gasteiger partial charge in [0.05, 0.1) is 6.20 Å². The van der Waals surface area contributed by atoms with Gasteiger partial charge in [0.15, 0.2) is 11.5 Å². The van der Waals surface area contributed by atoms with Gasteiger partial charge in [0.2, 0.25) is 0 Å². The SMILES string of the molecule is CCc1cc(-c2cncc(O)c2)ccc1CN1CCN(c2ccc(C(=O)N(CC)CC)nn2)CC1. The summed E-state index contributed by atoms with van der Waals surface area (Å²) >= 11 is 0. The van der Waals surface area contributed by atoms with Gasteiger partial charge in [-0.3, -0.25) is 14.7 Å². The van der Waals surface area contributed by atoms with Crippen molar-refractivity contribution in [1.82, 2.24) is 25.0 Å². The summed E-state index contributed by atoms with van der Waals surface area (Å²) in [5, 5.41) is 18.3. The Kier molecular flexibility index (Phi) is 7.92. The van der Waals surface area contributed by atoms with E-state index in [9.17, 15) is 9.90 Å². The monoisotopic (exact) mass is 474 g/mol. The van der Waals surface area contributed by atoms with Gasteiger partial charge in [0.25, 0.3) is 5.91 Å². The predicted molar refractivity (Wildman–Crippen MR) is 137 cm³/mol. The smallest absolute Gasteiger partial charge is 0.274 e. The third-order valence-corrected chi connectivity index (χ3v) is 6.65. The molecule has 0 bridgehead atoms. The van der Waals surface area contributed by atoms with Crippen molar-refractivity contribution in [3.63, 3.8) is 0 Å². The van der Waals surface area contributed by atoms with E-state index in [1.807, 2.05) is 19.9 Å². The molecule has 1 fully saturated rings. The highest BCUT2D eigenvalue weighted by atomic mass is 16.3. The van der Waals surface area contributed by atoms with Crippen LogP contribution in [0.2, 0.25) is 0 Å². The van der Waals surface area contributed by atoms with Crippen molar-refractivity contribution in [2.45, 2.75) is 33.7 Å². The number of aryl methyl sites for hydroxylation is 1. The normalized spacial score (nSPS) is 14.2. The number of carbonyl (C=O) groups excluding carboxylic acids is 1. The van der Waals surface area contributed by atoms with Crippen LogP contribution in [0.3, 0.4) is 0 Å². The van der Waals surface area contributed by atoms with E-state index < -0.39 is 0 Å². The average molecular weight is 475 g/mol. The second-order valence-corrected chi connectivity index (χ2v) is 8.79. The summed E-state index contributed by atoms with van der Waals surface area (Å²) in [6, 6.07) is 11.9. The van der Waals surface area contributed by atoms with Gasteiger partial charge in [-0.1, -0.05) is 25.1 Å². The zero-order valence-electron chi connectivity index (χ0n) is 20.8. The Balaban J connectivity index is 1.36. The largest absolute Gasteiger partial charge is 0.506 e. The molecule has 8 heteroatoms. The first kappa shape index (κ1) is 24.6. The standard InChI is InChI=1S/C27H34N6O2/c1-4-20-15-21(23-16-24(34)18-28-17-23)7-8-22(20)19-31-11-13-33(14-12-31)26-10-9-25(29-30-26)27(35)32(5-2)6-3/h7-10,15-18,34H,4-6,11-14,19H2,1-3H3. The summed E-state index contributed by atoms with van der Waals surface area (Å²) in [4.78, 5) is 23.0. The Labute approximate surface area is 207 Å². The molecule has 0 unspecified atom stereocenters. The van der Waals surface area contributed by atoms with Crippen molar-refractivity contribution in [2.24, 2.45) is 0 Å². The van der Waals surface area contributed by atoms with Crippen LogP contribution < -0.4 is 4.90 Å². The summed E-state index contributed by atoms with van der Waals surface area (Å²) < 4.78 is 0. The lowest BCUT2D eigenvalue weighted by molar-refractivity contribution is 0.0766. The fourth-order valence-corrected chi connectivity index (χ4v) is 4.53. The van der Waals surface area contributed by atoms with Crippen LogP contribution in [0.25, 0.3) is 11.1 Å². The molecule has 1 amide bonds. The maximum Gasteiger partial charge on any atom is 0.274 e. The first-order valence-electron chi connectivity index (χ1n) is 12.4. The Morgan fingerprint density at radius 2 is 1.69 bits per heavy atom. The number of nitrogens with zero attached hydrogens (tertiary/aromatic N) is 6. The van der Waals surface area contributed by atoms with Crippen LogP contribution in [0.1, 0.15) is 42.4 Å². The quantitative estimate of drug-likeness (QED) is 0.534. The first-order valence-corrected chi connectivity index (χ1v) is 12.4. The minimum absolute atomic E-state index is 0.0723. The number of anilines is 1. The molecule has 184 valence electrons. The van der Waals surface area contributed by atoms with Crippen molar-refractivity contribution >= 4 is 11.7 Å². The molecule has 1 aliphatic rings. The maximum absolute atomic E-state index is 12.5. The molecule has 3 aromatic rings. The molecule has 0 radical (unpaired) electrons. The van der Waals surface area contributed by atoms with Crippen LogP contribution in [-0.2, 0) is 13.0 Å². The van der Waals surface area contributed by atoms with Gasteiger partial charge in [-0.25, -0.2) is 0 Å². The van der Waals surface area contributed by atoms with Gasteiger partial charge in [0.1, 0.15) is 5.75 Å². The first-order chi connectivity index (χ1) is 17.0. The maximum atomic E-state index is 12.5. The molecule has 3 heterocycles. The van der Waals surface area contributed by atoms with E-state index in [-0.39, 0.29) is 11.7 Å². The third-order valence-electron chi connectivity index (χ3n) is 6.65. The number of carbonyl (C=O) groups is 1. The van der Waals surface area contributed by atoms with Gasteiger partial charge in [0, 0.05) is 57.6 Å². The highest BCUT2D eigenvalue weighted by Crippen LogP contribution is 2.26.